The van der Waals surface area contributed by atoms with E-state index in [0.29, 0.717) is 13.2 Å². The summed E-state index contributed by atoms with van der Waals surface area (Å²) in [5, 5.41) is 0. The summed E-state index contributed by atoms with van der Waals surface area (Å²) in [7, 11) is -6.51. The van der Waals surface area contributed by atoms with E-state index in [1.54, 1.807) is 26.9 Å². The van der Waals surface area contributed by atoms with Crippen molar-refractivity contribution in [2.75, 3.05) is 13.2 Å². The highest BCUT2D eigenvalue weighted by atomic mass is 35.6. The second-order valence-electron chi connectivity index (χ2n) is 3.86. The van der Waals surface area contributed by atoms with Gasteiger partial charge in [0.05, 0.1) is 0 Å². The van der Waals surface area contributed by atoms with Gasteiger partial charge in [-0.1, -0.05) is 69.6 Å². The van der Waals surface area contributed by atoms with E-state index in [1.165, 1.54) is 0 Å². The van der Waals surface area contributed by atoms with E-state index in [1.807, 2.05) is 0 Å². The monoisotopic (exact) mass is 426 g/mol. The van der Waals surface area contributed by atoms with Crippen molar-refractivity contribution >= 4 is 86.7 Å². The SMILES string of the molecule is CCO[Si](C)(O[Si](C)(OCC)C(Cl)(Cl)Cl)C(Cl)(Cl)Cl. The first kappa shape index (κ1) is 21.1. The molecule has 0 saturated heterocycles. The average molecular weight is 429 g/mol. The minimum absolute atomic E-state index is 0.313. The molecule has 0 aliphatic rings. The normalized spacial score (nSPS) is 19.9. The predicted molar refractivity (Wildman–Crippen MR) is 88.2 cm³/mol. The summed E-state index contributed by atoms with van der Waals surface area (Å²) in [6.45, 7) is 7.36. The standard InChI is InChI=1S/C8H16Cl6O3Si2/c1-5-15-18(3,7(9,10)11)17-19(4,16-6-2)8(12,13)14/h5-6H2,1-4H3. The molecule has 2 atom stereocenters. The molecule has 0 saturated carbocycles. The number of hydrogen-bond donors (Lipinski definition) is 0. The molecule has 0 rings (SSSR count). The molecule has 0 aromatic rings. The third kappa shape index (κ3) is 5.64. The van der Waals surface area contributed by atoms with Crippen molar-refractivity contribution in [3.8, 4) is 0 Å². The van der Waals surface area contributed by atoms with Crippen LogP contribution < -0.4 is 0 Å². The van der Waals surface area contributed by atoms with Crippen LogP contribution in [0, 0.1) is 0 Å². The molecule has 116 valence electrons. The van der Waals surface area contributed by atoms with Gasteiger partial charge in [0.1, 0.15) is 0 Å². The van der Waals surface area contributed by atoms with Crippen LogP contribution in [-0.4, -0.2) is 37.2 Å². The first-order valence-corrected chi connectivity index (χ1v) is 12.3. The molecular weight excluding hydrogens is 413 g/mol. The zero-order valence-corrected chi connectivity index (χ0v) is 17.4. The van der Waals surface area contributed by atoms with E-state index in [9.17, 15) is 0 Å². The Labute approximate surface area is 146 Å². The van der Waals surface area contributed by atoms with Gasteiger partial charge in [0.2, 0.25) is 6.83 Å². The molecule has 2 unspecified atom stereocenters. The third-order valence-corrected chi connectivity index (χ3v) is 15.3. The highest BCUT2D eigenvalue weighted by Gasteiger charge is 2.62. The van der Waals surface area contributed by atoms with Gasteiger partial charge in [-0.05, 0) is 26.9 Å². The maximum atomic E-state index is 5.96. The largest absolute Gasteiger partial charge is 0.410 e. The highest BCUT2D eigenvalue weighted by molar-refractivity contribution is 7.06. The van der Waals surface area contributed by atoms with Gasteiger partial charge in [-0.2, -0.15) is 0 Å². The Kier molecular flexibility index (Phi) is 8.37. The molecule has 0 radical (unpaired) electrons. The minimum Gasteiger partial charge on any atom is -0.410 e. The quantitative estimate of drug-likeness (QED) is 0.438. The lowest BCUT2D eigenvalue weighted by Gasteiger charge is -2.42. The summed E-state index contributed by atoms with van der Waals surface area (Å²) in [6, 6.07) is 0. The number of hydrogen-bond acceptors (Lipinski definition) is 3. The molecule has 0 fully saturated rings. The Balaban J connectivity index is 5.41. The van der Waals surface area contributed by atoms with Crippen molar-refractivity contribution in [3.63, 3.8) is 0 Å². The van der Waals surface area contributed by atoms with Crippen LogP contribution in [0.15, 0.2) is 0 Å². The molecule has 0 N–H and O–H groups in total. The van der Waals surface area contributed by atoms with Gasteiger partial charge < -0.3 is 13.0 Å². The lowest BCUT2D eigenvalue weighted by Crippen LogP contribution is -2.64. The molecule has 0 spiro atoms. The molecule has 0 heterocycles. The van der Waals surface area contributed by atoms with Gasteiger partial charge in [-0.15, -0.1) is 0 Å². The second kappa shape index (κ2) is 7.55. The van der Waals surface area contributed by atoms with E-state index in [4.69, 9.17) is 82.6 Å². The van der Waals surface area contributed by atoms with Crippen molar-refractivity contribution in [1.29, 1.82) is 0 Å². The Morgan fingerprint density at radius 1 is 0.737 bits per heavy atom. The van der Waals surface area contributed by atoms with Crippen molar-refractivity contribution < 1.29 is 13.0 Å². The van der Waals surface area contributed by atoms with Crippen molar-refractivity contribution in [3.05, 3.63) is 0 Å². The van der Waals surface area contributed by atoms with E-state index < -0.39 is 24.0 Å². The van der Waals surface area contributed by atoms with Gasteiger partial charge >= 0.3 is 17.1 Å². The smallest absolute Gasteiger partial charge is 0.380 e. The van der Waals surface area contributed by atoms with E-state index >= 15 is 0 Å². The summed E-state index contributed by atoms with van der Waals surface area (Å²) >= 11 is 35.7. The molecule has 0 aromatic carbocycles. The molecule has 11 heteroatoms. The fraction of sp³-hybridized carbons (Fsp3) is 1.00. The zero-order chi connectivity index (χ0) is 15.5. The third-order valence-electron chi connectivity index (χ3n) is 2.26. The zero-order valence-electron chi connectivity index (χ0n) is 10.9. The van der Waals surface area contributed by atoms with Gasteiger partial charge in [0, 0.05) is 13.2 Å². The first-order chi connectivity index (χ1) is 8.33. The molecule has 0 amide bonds. The van der Waals surface area contributed by atoms with Crippen molar-refractivity contribution in [2.24, 2.45) is 0 Å². The lowest BCUT2D eigenvalue weighted by molar-refractivity contribution is 0.199. The number of alkyl halides is 6. The number of halogens is 6. The summed E-state index contributed by atoms with van der Waals surface area (Å²) in [5.41, 5.74) is 0. The number of rotatable bonds is 6. The summed E-state index contributed by atoms with van der Waals surface area (Å²) < 4.78 is 13.5. The molecule has 0 bridgehead atoms. The maximum absolute atomic E-state index is 5.96. The summed E-state index contributed by atoms with van der Waals surface area (Å²) in [5.74, 6) is 0. The van der Waals surface area contributed by atoms with Crippen LogP contribution in [0.5, 0.6) is 0 Å². The van der Waals surface area contributed by atoms with Crippen LogP contribution in [0.25, 0.3) is 0 Å². The fourth-order valence-corrected chi connectivity index (χ4v) is 10.1. The Morgan fingerprint density at radius 3 is 1.16 bits per heavy atom. The molecule has 19 heavy (non-hydrogen) atoms. The van der Waals surface area contributed by atoms with Gasteiger partial charge in [-0.3, -0.25) is 0 Å². The minimum atomic E-state index is -3.25. The highest BCUT2D eigenvalue weighted by Crippen LogP contribution is 2.45. The summed E-state index contributed by atoms with van der Waals surface area (Å²) in [4.78, 5) is 0. The van der Waals surface area contributed by atoms with E-state index in [2.05, 4.69) is 0 Å². The Morgan fingerprint density at radius 2 is 1.00 bits per heavy atom. The Hall–Kier alpha value is 2.05. The Bertz CT molecular complexity index is 269. The van der Waals surface area contributed by atoms with Crippen LogP contribution in [-0.2, 0) is 13.0 Å². The van der Waals surface area contributed by atoms with Crippen LogP contribution >= 0.6 is 69.6 Å². The molecule has 0 aliphatic heterocycles. The van der Waals surface area contributed by atoms with Crippen LogP contribution in [0.2, 0.25) is 13.1 Å². The summed E-state index contributed by atoms with van der Waals surface area (Å²) in [6.07, 6.45) is 0. The topological polar surface area (TPSA) is 27.7 Å². The molecule has 0 aliphatic carbocycles. The van der Waals surface area contributed by atoms with Gasteiger partial charge in [-0.25, -0.2) is 0 Å². The fourth-order valence-electron chi connectivity index (χ4n) is 1.26. The molecule has 3 nitrogen and oxygen atoms in total. The maximum Gasteiger partial charge on any atom is 0.380 e. The first-order valence-electron chi connectivity index (χ1n) is 5.44. The lowest BCUT2D eigenvalue weighted by atomic mass is 10.9. The molecule has 0 aromatic heterocycles. The van der Waals surface area contributed by atoms with Crippen LogP contribution in [0.3, 0.4) is 0 Å². The predicted octanol–water partition coefficient (Wildman–Crippen LogP) is 5.04. The van der Waals surface area contributed by atoms with Crippen LogP contribution in [0.1, 0.15) is 13.8 Å². The van der Waals surface area contributed by atoms with Gasteiger partial charge in [0.15, 0.2) is 0 Å². The van der Waals surface area contributed by atoms with E-state index in [0.717, 1.165) is 0 Å². The average Bonchev–Trinajstić information content (AvgIpc) is 2.14. The van der Waals surface area contributed by atoms with E-state index in [-0.39, 0.29) is 0 Å². The van der Waals surface area contributed by atoms with Crippen molar-refractivity contribution in [1.82, 2.24) is 0 Å². The van der Waals surface area contributed by atoms with Gasteiger partial charge in [0.25, 0.3) is 0 Å². The second-order valence-corrected chi connectivity index (χ2v) is 17.0. The van der Waals surface area contributed by atoms with Crippen LogP contribution in [0.4, 0.5) is 0 Å². The molecular formula is C8H16Cl6O3Si2. The van der Waals surface area contributed by atoms with Crippen molar-refractivity contribution in [2.45, 2.75) is 33.8 Å².